The Morgan fingerprint density at radius 3 is 2.63 bits per heavy atom. The molecule has 1 atom stereocenters. The first-order valence-electron chi connectivity index (χ1n) is 6.03. The molecule has 0 spiro atoms. The molecule has 6 nitrogen and oxygen atoms in total. The second-order valence-corrected chi connectivity index (χ2v) is 4.18. The summed E-state index contributed by atoms with van der Waals surface area (Å²) < 4.78 is 9.86. The minimum absolute atomic E-state index is 0.0717. The van der Waals surface area contributed by atoms with Crippen LogP contribution in [0.15, 0.2) is 23.3 Å². The Kier molecular flexibility index (Phi) is 6.24. The summed E-state index contributed by atoms with van der Waals surface area (Å²) in [6, 6.07) is 0. The molecule has 1 heterocycles. The van der Waals surface area contributed by atoms with Crippen molar-refractivity contribution in [1.82, 2.24) is 0 Å². The van der Waals surface area contributed by atoms with Crippen molar-refractivity contribution in [2.45, 2.75) is 25.9 Å². The van der Waals surface area contributed by atoms with E-state index < -0.39 is 11.9 Å². The van der Waals surface area contributed by atoms with Crippen molar-refractivity contribution in [2.75, 3.05) is 19.8 Å². The Morgan fingerprint density at radius 1 is 1.42 bits per heavy atom. The number of hydrogen-bond donors (Lipinski definition) is 2. The molecule has 0 aromatic carbocycles. The van der Waals surface area contributed by atoms with Crippen LogP contribution in [0.1, 0.15) is 19.8 Å². The quantitative estimate of drug-likeness (QED) is 0.382. The average Bonchev–Trinajstić information content (AvgIpc) is 3.19. The maximum atomic E-state index is 11.7. The lowest BCUT2D eigenvalue weighted by Gasteiger charge is -2.05. The largest absolute Gasteiger partial charge is 0.478 e. The van der Waals surface area contributed by atoms with Crippen molar-refractivity contribution in [1.29, 1.82) is 0 Å². The van der Waals surface area contributed by atoms with Gasteiger partial charge in [0, 0.05) is 11.1 Å². The fourth-order valence-corrected chi connectivity index (χ4v) is 1.31. The zero-order valence-electron chi connectivity index (χ0n) is 10.8. The number of rotatable bonds is 8. The third-order valence-electron chi connectivity index (χ3n) is 2.58. The van der Waals surface area contributed by atoms with Crippen LogP contribution in [0.3, 0.4) is 0 Å². The predicted molar refractivity (Wildman–Crippen MR) is 66.5 cm³/mol. The fraction of sp³-hybridized carbons (Fsp3) is 0.538. The van der Waals surface area contributed by atoms with Gasteiger partial charge in [-0.25, -0.2) is 9.59 Å². The van der Waals surface area contributed by atoms with Gasteiger partial charge in [0.05, 0.1) is 19.3 Å². The van der Waals surface area contributed by atoms with Crippen LogP contribution in [-0.2, 0) is 19.1 Å². The van der Waals surface area contributed by atoms with E-state index in [1.807, 2.05) is 0 Å². The number of carboxylic acids is 1. The number of carboxylic acid groups (broad SMARTS) is 1. The smallest absolute Gasteiger partial charge is 0.334 e. The number of carbonyl (C=O) groups excluding carboxylic acids is 1. The van der Waals surface area contributed by atoms with Gasteiger partial charge in [0.2, 0.25) is 0 Å². The van der Waals surface area contributed by atoms with Gasteiger partial charge in [-0.2, -0.15) is 0 Å². The Labute approximate surface area is 111 Å². The van der Waals surface area contributed by atoms with E-state index in [4.69, 9.17) is 19.7 Å². The molecule has 1 fully saturated rings. The first-order chi connectivity index (χ1) is 9.04. The molecule has 106 valence electrons. The molecular weight excluding hydrogens is 252 g/mol. The van der Waals surface area contributed by atoms with E-state index in [1.54, 1.807) is 6.08 Å². The van der Waals surface area contributed by atoms with Crippen LogP contribution in [0.25, 0.3) is 0 Å². The molecule has 1 aliphatic heterocycles. The maximum absolute atomic E-state index is 11.7. The van der Waals surface area contributed by atoms with Gasteiger partial charge in [0.1, 0.15) is 6.61 Å². The summed E-state index contributed by atoms with van der Waals surface area (Å²) >= 11 is 0. The average molecular weight is 270 g/mol. The van der Waals surface area contributed by atoms with Crippen LogP contribution in [-0.4, -0.2) is 48.1 Å². The number of ether oxygens (including phenoxy) is 2. The van der Waals surface area contributed by atoms with E-state index in [0.717, 1.165) is 0 Å². The molecule has 0 aromatic heterocycles. The van der Waals surface area contributed by atoms with E-state index >= 15 is 0 Å². The Balaban J connectivity index is 2.62. The summed E-state index contributed by atoms with van der Waals surface area (Å²) in [5.74, 6) is -1.56. The normalized spacial score (nSPS) is 19.2. The van der Waals surface area contributed by atoms with Crippen LogP contribution in [0, 0.1) is 0 Å². The van der Waals surface area contributed by atoms with E-state index in [0.29, 0.717) is 18.6 Å². The van der Waals surface area contributed by atoms with Gasteiger partial charge in [-0.1, -0.05) is 12.2 Å². The number of aliphatic carboxylic acids is 1. The van der Waals surface area contributed by atoms with Crippen molar-refractivity contribution in [3.63, 3.8) is 0 Å². The number of aliphatic hydroxyl groups excluding tert-OH is 1. The minimum Gasteiger partial charge on any atom is -0.478 e. The first-order valence-corrected chi connectivity index (χ1v) is 6.03. The lowest BCUT2D eigenvalue weighted by molar-refractivity contribution is -0.140. The zero-order valence-corrected chi connectivity index (χ0v) is 10.8. The molecule has 0 aliphatic carbocycles. The summed E-state index contributed by atoms with van der Waals surface area (Å²) in [7, 11) is 0. The second-order valence-electron chi connectivity index (χ2n) is 4.18. The third kappa shape index (κ3) is 6.17. The minimum atomic E-state index is -1.02. The molecule has 1 rings (SSSR count). The second kappa shape index (κ2) is 7.70. The van der Waals surface area contributed by atoms with Gasteiger partial charge in [-0.15, -0.1) is 0 Å². The van der Waals surface area contributed by atoms with Crippen molar-refractivity contribution in [2.24, 2.45) is 0 Å². The standard InChI is InChI=1S/C13H18O6/c1-9(12(15)16)2-3-10(4-5-11-8-19-11)13(17)18-7-6-14/h2,4,11,14H,3,5-8H2,1H3,(H,15,16). The fourth-order valence-electron chi connectivity index (χ4n) is 1.31. The Morgan fingerprint density at radius 2 is 2.11 bits per heavy atom. The molecule has 2 N–H and O–H groups in total. The van der Waals surface area contributed by atoms with Crippen molar-refractivity contribution >= 4 is 11.9 Å². The highest BCUT2D eigenvalue weighted by Crippen LogP contribution is 2.17. The van der Waals surface area contributed by atoms with Crippen molar-refractivity contribution < 1.29 is 29.3 Å². The predicted octanol–water partition coefficient (Wildman–Crippen LogP) is 0.658. The molecule has 0 saturated carbocycles. The lowest BCUT2D eigenvalue weighted by atomic mass is 10.1. The molecule has 19 heavy (non-hydrogen) atoms. The van der Waals surface area contributed by atoms with Crippen LogP contribution in [0.4, 0.5) is 0 Å². The highest BCUT2D eigenvalue weighted by Gasteiger charge is 2.21. The van der Waals surface area contributed by atoms with E-state index in [-0.39, 0.29) is 31.3 Å². The van der Waals surface area contributed by atoms with E-state index in [1.165, 1.54) is 13.0 Å². The number of hydrogen-bond acceptors (Lipinski definition) is 5. The highest BCUT2D eigenvalue weighted by atomic mass is 16.6. The van der Waals surface area contributed by atoms with Gasteiger partial charge in [0.15, 0.2) is 0 Å². The topological polar surface area (TPSA) is 96.4 Å². The van der Waals surface area contributed by atoms with E-state index in [2.05, 4.69) is 0 Å². The van der Waals surface area contributed by atoms with Crippen molar-refractivity contribution in [3.05, 3.63) is 23.3 Å². The Hall–Kier alpha value is -1.66. The zero-order chi connectivity index (χ0) is 14.3. The summed E-state index contributed by atoms with van der Waals surface area (Å²) in [5, 5.41) is 17.4. The molecule has 1 aliphatic rings. The summed E-state index contributed by atoms with van der Waals surface area (Å²) in [6.07, 6.45) is 4.09. The number of allylic oxidation sites excluding steroid dienone is 1. The molecule has 0 amide bonds. The molecule has 0 radical (unpaired) electrons. The summed E-state index contributed by atoms with van der Waals surface area (Å²) in [4.78, 5) is 22.4. The number of aliphatic hydroxyl groups is 1. The van der Waals surface area contributed by atoms with Gasteiger partial charge >= 0.3 is 11.9 Å². The molecular formula is C13H18O6. The monoisotopic (exact) mass is 270 g/mol. The highest BCUT2D eigenvalue weighted by molar-refractivity contribution is 5.90. The molecule has 0 bridgehead atoms. The summed E-state index contributed by atoms with van der Waals surface area (Å²) in [6.45, 7) is 1.83. The van der Waals surface area contributed by atoms with Crippen LogP contribution < -0.4 is 0 Å². The van der Waals surface area contributed by atoms with E-state index in [9.17, 15) is 9.59 Å². The molecule has 1 saturated heterocycles. The van der Waals surface area contributed by atoms with Crippen LogP contribution in [0.5, 0.6) is 0 Å². The van der Waals surface area contributed by atoms with Gasteiger partial charge in [0.25, 0.3) is 0 Å². The summed E-state index contributed by atoms with van der Waals surface area (Å²) in [5.41, 5.74) is 0.549. The van der Waals surface area contributed by atoms with Gasteiger partial charge < -0.3 is 19.7 Å². The maximum Gasteiger partial charge on any atom is 0.334 e. The Bertz CT molecular complexity index is 392. The molecule has 1 unspecified atom stereocenters. The van der Waals surface area contributed by atoms with Gasteiger partial charge in [-0.3, -0.25) is 0 Å². The van der Waals surface area contributed by atoms with Gasteiger partial charge in [-0.05, 0) is 19.8 Å². The number of epoxide rings is 1. The molecule has 0 aromatic rings. The molecule has 6 heteroatoms. The van der Waals surface area contributed by atoms with Crippen molar-refractivity contribution in [3.8, 4) is 0 Å². The number of esters is 1. The first kappa shape index (κ1) is 15.4. The number of carbonyl (C=O) groups is 2. The SMILES string of the molecule is CC(=CCC(=CCC1CO1)C(=O)OCCO)C(=O)O. The van der Waals surface area contributed by atoms with Crippen LogP contribution >= 0.6 is 0 Å². The lowest BCUT2D eigenvalue weighted by Crippen LogP contribution is -2.11. The van der Waals surface area contributed by atoms with Crippen LogP contribution in [0.2, 0.25) is 0 Å². The third-order valence-corrected chi connectivity index (χ3v) is 2.58.